The Morgan fingerprint density at radius 1 is 1.18 bits per heavy atom. The van der Waals surface area contributed by atoms with Crippen molar-refractivity contribution in [2.75, 3.05) is 5.32 Å². The number of nitrogens with one attached hydrogen (secondary N) is 1. The van der Waals surface area contributed by atoms with Crippen molar-refractivity contribution in [3.63, 3.8) is 0 Å². The highest BCUT2D eigenvalue weighted by Gasteiger charge is 2.84. The minimum absolute atomic E-state index is 0.111. The van der Waals surface area contributed by atoms with E-state index in [1.807, 2.05) is 18.2 Å². The molecule has 0 radical (unpaired) electrons. The number of carbonyl (C=O) groups excluding carboxylic acids is 1. The molecule has 2 bridgehead atoms. The number of alkyl halides is 3. The number of fused-ring (bicyclic) bond motifs is 1. The number of Topliss-reactive ketones (excluding diaryl/α,β-unsaturated/α-hetero) is 1. The van der Waals surface area contributed by atoms with Gasteiger partial charge in [-0.25, -0.2) is 9.97 Å². The first-order valence-electron chi connectivity index (χ1n) is 12.9. The molecule has 2 aliphatic heterocycles. The van der Waals surface area contributed by atoms with Gasteiger partial charge in [-0.05, 0) is 61.7 Å². The van der Waals surface area contributed by atoms with E-state index < -0.39 is 28.9 Å². The number of halogens is 3. The number of carbonyl (C=O) groups is 1. The molecule has 2 aromatic heterocycles. The molecule has 1 spiro atoms. The van der Waals surface area contributed by atoms with E-state index in [0.29, 0.717) is 29.7 Å². The number of hydrogen-bond donors (Lipinski definition) is 1. The zero-order valence-corrected chi connectivity index (χ0v) is 21.0. The molecular formula is C28H24F3N7O. The molecule has 4 aromatic rings. The Bertz CT molecular complexity index is 1660. The van der Waals surface area contributed by atoms with Crippen molar-refractivity contribution >= 4 is 22.8 Å². The summed E-state index contributed by atoms with van der Waals surface area (Å²) < 4.78 is 42.5. The summed E-state index contributed by atoms with van der Waals surface area (Å²) in [5.74, 6) is 1.08. The molecule has 4 aliphatic rings. The predicted octanol–water partition coefficient (Wildman–Crippen LogP) is 5.76. The highest BCUT2D eigenvalue weighted by molar-refractivity contribution is 6.03. The molecule has 0 amide bonds. The van der Waals surface area contributed by atoms with Gasteiger partial charge in [0.15, 0.2) is 0 Å². The first-order chi connectivity index (χ1) is 18.6. The highest BCUT2D eigenvalue weighted by Crippen LogP contribution is 2.66. The van der Waals surface area contributed by atoms with E-state index in [9.17, 15) is 23.5 Å². The molecule has 198 valence electrons. The minimum Gasteiger partial charge on any atom is -0.505 e. The first-order valence-corrected chi connectivity index (χ1v) is 12.9. The normalized spacial score (nSPS) is 26.5. The largest absolute Gasteiger partial charge is 0.505 e. The summed E-state index contributed by atoms with van der Waals surface area (Å²) in [4.78, 5) is 26.6. The minimum atomic E-state index is -4.42. The van der Waals surface area contributed by atoms with Crippen molar-refractivity contribution < 1.29 is 22.7 Å². The summed E-state index contributed by atoms with van der Waals surface area (Å²) in [5, 5.41) is 3.08. The third-order valence-electron chi connectivity index (χ3n) is 8.81. The second kappa shape index (κ2) is 7.93. The zero-order valence-electron chi connectivity index (χ0n) is 21.0. The number of benzene rings is 2. The molecule has 4 heterocycles. The van der Waals surface area contributed by atoms with Gasteiger partial charge in [0.25, 0.3) is 5.78 Å². The number of ketones is 1. The predicted molar refractivity (Wildman–Crippen MR) is 135 cm³/mol. The lowest BCUT2D eigenvalue weighted by Crippen LogP contribution is -2.68. The number of aromatic nitrogens is 4. The van der Waals surface area contributed by atoms with Crippen molar-refractivity contribution in [2.24, 2.45) is 5.92 Å². The Labute approximate surface area is 221 Å². The Morgan fingerprint density at radius 3 is 2.79 bits per heavy atom. The van der Waals surface area contributed by atoms with Gasteiger partial charge < -0.3 is 10.8 Å². The second-order valence-electron chi connectivity index (χ2n) is 10.8. The van der Waals surface area contributed by atoms with Gasteiger partial charge >= 0.3 is 6.18 Å². The topological polar surface area (TPSA) is 98.0 Å². The molecule has 4 fully saturated rings. The van der Waals surface area contributed by atoms with Crippen LogP contribution in [0.15, 0.2) is 61.1 Å². The van der Waals surface area contributed by atoms with Crippen LogP contribution in [0, 0.1) is 5.92 Å². The van der Waals surface area contributed by atoms with Crippen molar-refractivity contribution in [1.29, 1.82) is 0 Å². The molecule has 2 saturated heterocycles. The van der Waals surface area contributed by atoms with Gasteiger partial charge in [0, 0.05) is 30.5 Å². The molecule has 2 aromatic carbocycles. The van der Waals surface area contributed by atoms with E-state index in [1.165, 1.54) is 10.8 Å². The summed E-state index contributed by atoms with van der Waals surface area (Å²) in [5.41, 5.74) is 11.2. The lowest BCUT2D eigenvalue weighted by atomic mass is 9.73. The highest BCUT2D eigenvalue weighted by atomic mass is 19.4. The molecule has 2 aliphatic carbocycles. The monoisotopic (exact) mass is 531 g/mol. The number of hydrogen-bond acceptors (Lipinski definition) is 5. The van der Waals surface area contributed by atoms with Crippen LogP contribution in [-0.4, -0.2) is 35.5 Å². The van der Waals surface area contributed by atoms with Crippen LogP contribution in [-0.2, 0) is 16.5 Å². The fourth-order valence-corrected chi connectivity index (χ4v) is 6.92. The molecular weight excluding hydrogens is 507 g/mol. The number of nitrogens with zero attached hydrogens (tertiary/aromatic N) is 6. The molecule has 3 unspecified atom stereocenters. The average Bonchev–Trinajstić information content (AvgIpc) is 3.66. The molecule has 4 atom stereocenters. The third-order valence-corrected chi connectivity index (χ3v) is 8.81. The van der Waals surface area contributed by atoms with Crippen molar-refractivity contribution in [3.8, 4) is 5.82 Å². The van der Waals surface area contributed by atoms with Gasteiger partial charge in [-0.3, -0.25) is 14.1 Å². The summed E-state index contributed by atoms with van der Waals surface area (Å²) >= 11 is 0. The Balaban J connectivity index is 1.16. The maximum Gasteiger partial charge on any atom is 0.416 e. The summed E-state index contributed by atoms with van der Waals surface area (Å²) in [7, 11) is 0. The van der Waals surface area contributed by atoms with Gasteiger partial charge in [-0.2, -0.15) is 18.2 Å². The number of rotatable bonds is 5. The summed E-state index contributed by atoms with van der Waals surface area (Å²) in [6.45, 7) is 1.74. The van der Waals surface area contributed by atoms with E-state index in [2.05, 4.69) is 20.3 Å². The molecule has 8 rings (SSSR count). The molecule has 39 heavy (non-hydrogen) atoms. The van der Waals surface area contributed by atoms with Crippen LogP contribution < -0.4 is 5.32 Å². The Morgan fingerprint density at radius 2 is 2.03 bits per heavy atom. The number of imidazole rings is 1. The van der Waals surface area contributed by atoms with E-state index in [0.717, 1.165) is 36.1 Å². The molecule has 8 nitrogen and oxygen atoms in total. The van der Waals surface area contributed by atoms with Crippen LogP contribution in [0.2, 0.25) is 0 Å². The van der Waals surface area contributed by atoms with Gasteiger partial charge in [-0.1, -0.05) is 12.1 Å². The third kappa shape index (κ3) is 3.18. The smallest absolute Gasteiger partial charge is 0.416 e. The van der Waals surface area contributed by atoms with E-state index in [4.69, 9.17) is 0 Å². The van der Waals surface area contributed by atoms with Crippen LogP contribution in [0.5, 0.6) is 0 Å². The van der Waals surface area contributed by atoms with Crippen molar-refractivity contribution in [1.82, 2.24) is 19.5 Å². The quantitative estimate of drug-likeness (QED) is 0.330. The van der Waals surface area contributed by atoms with Gasteiger partial charge in [0.05, 0.1) is 22.6 Å². The molecule has 1 N–H and O–H groups in total. The van der Waals surface area contributed by atoms with E-state index in [-0.39, 0.29) is 17.6 Å². The van der Waals surface area contributed by atoms with Crippen LogP contribution in [0.25, 0.3) is 22.4 Å². The second-order valence-corrected chi connectivity index (χ2v) is 10.8. The summed E-state index contributed by atoms with van der Waals surface area (Å²) in [6, 6.07) is 12.0. The zero-order chi connectivity index (χ0) is 27.2. The fraction of sp³-hybridized carbons (Fsp3) is 0.357. The van der Waals surface area contributed by atoms with Crippen LogP contribution >= 0.6 is 0 Å². The standard InChI is InChI=1S/C28H24F3N7O/c1-16(17-4-2-5-19(12-17)28(29,30)31)35-25-33-11-9-23(36-25)37-15-34-21-13-18(7-8-22(21)37)27-14-20-6-3-10-26(20,24(27)39)38(27)32/h2,4-5,7-9,11-13,15-16,20H,3,6,10,14H2,1H3,(H,33,35,36)/t16-,20?,26?,27?/m0/s1. The van der Waals surface area contributed by atoms with Gasteiger partial charge in [-0.15, -0.1) is 0 Å². The fourth-order valence-electron chi connectivity index (χ4n) is 6.92. The van der Waals surface area contributed by atoms with Crippen LogP contribution in [0.3, 0.4) is 0 Å². The number of anilines is 1. The van der Waals surface area contributed by atoms with Crippen LogP contribution in [0.1, 0.15) is 55.3 Å². The lowest BCUT2D eigenvalue weighted by Gasteiger charge is -2.44. The maximum atomic E-state index is 13.3. The molecule has 2 saturated carbocycles. The average molecular weight is 532 g/mol. The van der Waals surface area contributed by atoms with Crippen molar-refractivity contribution in [2.45, 2.75) is 55.9 Å². The van der Waals surface area contributed by atoms with Gasteiger partial charge in [0.1, 0.15) is 12.1 Å². The SMILES string of the molecule is C[C@H](Nc1nccc(-n2cnc3cc(C45CC6CCCC6(C4=O)[N+]5=[N-])ccc32)n1)c1cccc(C(F)(F)F)c1. The molecule has 11 heteroatoms. The maximum absolute atomic E-state index is 13.3. The Kier molecular flexibility index (Phi) is 4.87. The van der Waals surface area contributed by atoms with Gasteiger partial charge in [0.2, 0.25) is 17.0 Å². The van der Waals surface area contributed by atoms with Crippen LogP contribution in [0.4, 0.5) is 19.1 Å². The summed E-state index contributed by atoms with van der Waals surface area (Å²) in [6.07, 6.45) is 2.02. The lowest BCUT2D eigenvalue weighted by molar-refractivity contribution is -0.695. The van der Waals surface area contributed by atoms with E-state index >= 15 is 0 Å². The van der Waals surface area contributed by atoms with E-state index in [1.54, 1.807) is 36.1 Å². The van der Waals surface area contributed by atoms with Crippen molar-refractivity contribution in [3.05, 3.63) is 83.3 Å². The Hall–Kier alpha value is -4.15. The first kappa shape index (κ1) is 23.9.